The summed E-state index contributed by atoms with van der Waals surface area (Å²) in [7, 11) is 0. The van der Waals surface area contributed by atoms with Crippen molar-refractivity contribution in [1.29, 1.82) is 0 Å². The molecule has 4 heteroatoms. The van der Waals surface area contributed by atoms with Gasteiger partial charge in [0, 0.05) is 0 Å². The molecule has 12 heavy (non-hydrogen) atoms. The molecule has 0 unspecified atom stereocenters. The van der Waals surface area contributed by atoms with Gasteiger partial charge >= 0.3 is 0 Å². The number of H-pyrrole nitrogens is 1. The Bertz CT molecular complexity index is 381. The molecule has 1 aromatic rings. The van der Waals surface area contributed by atoms with Gasteiger partial charge in [0.05, 0.1) is 11.3 Å². The Kier molecular flexibility index (Phi) is 2.19. The highest BCUT2D eigenvalue weighted by atomic mass is 19.1. The molecule has 0 radical (unpaired) electrons. The van der Waals surface area contributed by atoms with Crippen LogP contribution in [-0.2, 0) is 0 Å². The van der Waals surface area contributed by atoms with Crippen LogP contribution >= 0.6 is 0 Å². The molecular weight excluding hydrogens is 159 g/mol. The summed E-state index contributed by atoms with van der Waals surface area (Å²) in [6.07, 6.45) is 1.69. The molecule has 0 saturated heterocycles. The van der Waals surface area contributed by atoms with E-state index in [0.717, 1.165) is 0 Å². The summed E-state index contributed by atoms with van der Waals surface area (Å²) in [5, 5.41) is 0. The zero-order chi connectivity index (χ0) is 9.14. The van der Waals surface area contributed by atoms with Gasteiger partial charge in [-0.2, -0.15) is 4.39 Å². The Labute approximate surface area is 68.3 Å². The van der Waals surface area contributed by atoms with Crippen molar-refractivity contribution in [2.45, 2.75) is 0 Å². The Balaban J connectivity index is 3.54. The number of nitrogens with zero attached hydrogens (tertiary/aromatic N) is 1. The van der Waals surface area contributed by atoms with Gasteiger partial charge in [0.2, 0.25) is 0 Å². The van der Waals surface area contributed by atoms with E-state index >= 15 is 0 Å². The largest absolute Gasteiger partial charge is 0.289 e. The summed E-state index contributed by atoms with van der Waals surface area (Å²) in [4.78, 5) is 16.3. The summed E-state index contributed by atoms with van der Waals surface area (Å²) >= 11 is 0. The molecular formula is C8H7FN2O. The molecule has 0 fully saturated rings. The van der Waals surface area contributed by atoms with Crippen LogP contribution in [0.25, 0.3) is 12.2 Å². The first-order valence-electron chi connectivity index (χ1n) is 3.23. The van der Waals surface area contributed by atoms with Crippen LogP contribution in [0, 0.1) is 6.08 Å². The molecule has 3 nitrogen and oxygen atoms in total. The lowest BCUT2D eigenvalue weighted by molar-refractivity contribution is 0.532. The minimum absolute atomic E-state index is 0.200. The van der Waals surface area contributed by atoms with Gasteiger partial charge in [-0.15, -0.1) is 0 Å². The van der Waals surface area contributed by atoms with E-state index in [1.165, 1.54) is 12.2 Å². The van der Waals surface area contributed by atoms with Gasteiger partial charge in [-0.25, -0.2) is 4.98 Å². The summed E-state index contributed by atoms with van der Waals surface area (Å²) in [5.74, 6) is 0. The number of hydrogen-bond donors (Lipinski definition) is 1. The maximum absolute atomic E-state index is 12.5. The van der Waals surface area contributed by atoms with Crippen LogP contribution in [-0.4, -0.2) is 9.97 Å². The van der Waals surface area contributed by atoms with Crippen molar-refractivity contribution >= 4 is 12.2 Å². The lowest BCUT2D eigenvalue weighted by Gasteiger charge is -1.96. The van der Waals surface area contributed by atoms with E-state index < -0.39 is 11.6 Å². The summed E-state index contributed by atoms with van der Waals surface area (Å²) in [6, 6.07) is 0. The van der Waals surface area contributed by atoms with Gasteiger partial charge in [0.1, 0.15) is 0 Å². The normalized spacial score (nSPS) is 9.42. The van der Waals surface area contributed by atoms with Crippen molar-refractivity contribution < 1.29 is 4.39 Å². The lowest BCUT2D eigenvalue weighted by atomic mass is 10.2. The molecule has 0 amide bonds. The molecule has 1 aromatic heterocycles. The molecule has 0 bridgehead atoms. The average Bonchev–Trinajstić information content (AvgIpc) is 2.03. The van der Waals surface area contributed by atoms with E-state index in [0.29, 0.717) is 0 Å². The van der Waals surface area contributed by atoms with E-state index in [2.05, 4.69) is 18.1 Å². The van der Waals surface area contributed by atoms with Crippen molar-refractivity contribution in [1.82, 2.24) is 9.97 Å². The Hall–Kier alpha value is -1.71. The Morgan fingerprint density at radius 2 is 2.08 bits per heavy atom. The van der Waals surface area contributed by atoms with Gasteiger partial charge in [0.15, 0.2) is 0 Å². The molecule has 1 N–H and O–H groups in total. The van der Waals surface area contributed by atoms with Gasteiger partial charge < -0.3 is 0 Å². The highest BCUT2D eigenvalue weighted by molar-refractivity contribution is 5.58. The van der Waals surface area contributed by atoms with Gasteiger partial charge in [0.25, 0.3) is 11.6 Å². The fraction of sp³-hybridized carbons (Fsp3) is 0. The zero-order valence-electron chi connectivity index (χ0n) is 6.30. The van der Waals surface area contributed by atoms with E-state index in [-0.39, 0.29) is 11.3 Å². The highest BCUT2D eigenvalue weighted by Crippen LogP contribution is 2.02. The number of aromatic nitrogens is 2. The third-order valence-electron chi connectivity index (χ3n) is 1.35. The molecule has 1 heterocycles. The quantitative estimate of drug-likeness (QED) is 0.671. The number of halogens is 1. The number of hydrogen-bond acceptors (Lipinski definition) is 2. The smallest absolute Gasteiger partial charge is 0.282 e. The van der Waals surface area contributed by atoms with Crippen molar-refractivity contribution in [2.75, 3.05) is 0 Å². The lowest BCUT2D eigenvalue weighted by Crippen LogP contribution is -2.15. The molecule has 0 saturated carbocycles. The molecule has 1 rings (SSSR count). The molecule has 0 atom stereocenters. The van der Waals surface area contributed by atoms with Gasteiger partial charge in [-0.1, -0.05) is 19.2 Å². The highest BCUT2D eigenvalue weighted by Gasteiger charge is 2.04. The predicted octanol–water partition coefficient (Wildman–Crippen LogP) is 1.20. The summed E-state index contributed by atoms with van der Waals surface area (Å²) in [5.41, 5.74) is -0.120. The van der Waals surface area contributed by atoms with E-state index in [4.69, 9.17) is 0 Å². The second-order valence-corrected chi connectivity index (χ2v) is 2.06. The molecule has 0 aromatic carbocycles. The van der Waals surface area contributed by atoms with Crippen LogP contribution in [0.4, 0.5) is 4.39 Å². The molecule has 62 valence electrons. The van der Waals surface area contributed by atoms with Crippen molar-refractivity contribution in [3.8, 4) is 0 Å². The minimum atomic E-state index is -0.916. The fourth-order valence-electron chi connectivity index (χ4n) is 0.824. The molecule has 0 aliphatic heterocycles. The summed E-state index contributed by atoms with van der Waals surface area (Å²) < 4.78 is 12.5. The molecule has 0 aliphatic rings. The first-order valence-corrected chi connectivity index (χ1v) is 3.23. The first kappa shape index (κ1) is 8.39. The summed E-state index contributed by atoms with van der Waals surface area (Å²) in [6.45, 7) is 6.79. The zero-order valence-corrected chi connectivity index (χ0v) is 6.30. The van der Waals surface area contributed by atoms with Crippen molar-refractivity contribution in [2.24, 2.45) is 0 Å². The standard InChI is InChI=1S/C8H7FN2O/c1-3-5-6(4-2)10-8(9)11-7(5)12/h3-4H,1-2H2,(H,10,11,12). The van der Waals surface area contributed by atoms with Crippen LogP contribution in [0.5, 0.6) is 0 Å². The Morgan fingerprint density at radius 1 is 1.42 bits per heavy atom. The second-order valence-electron chi connectivity index (χ2n) is 2.06. The van der Waals surface area contributed by atoms with Crippen LogP contribution in [0.2, 0.25) is 0 Å². The van der Waals surface area contributed by atoms with Crippen LogP contribution in [0.3, 0.4) is 0 Å². The van der Waals surface area contributed by atoms with Crippen molar-refractivity contribution in [3.05, 3.63) is 40.8 Å². The van der Waals surface area contributed by atoms with E-state index in [1.54, 1.807) is 0 Å². The van der Waals surface area contributed by atoms with E-state index in [9.17, 15) is 9.18 Å². The minimum Gasteiger partial charge on any atom is -0.282 e. The predicted molar refractivity (Wildman–Crippen MR) is 45.0 cm³/mol. The van der Waals surface area contributed by atoms with Gasteiger partial charge in [-0.3, -0.25) is 9.78 Å². The number of aromatic amines is 1. The third-order valence-corrected chi connectivity index (χ3v) is 1.35. The fourth-order valence-corrected chi connectivity index (χ4v) is 0.824. The van der Waals surface area contributed by atoms with Gasteiger partial charge in [-0.05, 0) is 6.08 Å². The van der Waals surface area contributed by atoms with Crippen LogP contribution in [0.15, 0.2) is 18.0 Å². The second kappa shape index (κ2) is 3.13. The third kappa shape index (κ3) is 1.32. The maximum atomic E-state index is 12.5. The van der Waals surface area contributed by atoms with Crippen molar-refractivity contribution in [3.63, 3.8) is 0 Å². The monoisotopic (exact) mass is 166 g/mol. The topological polar surface area (TPSA) is 45.8 Å². The molecule has 0 aliphatic carbocycles. The van der Waals surface area contributed by atoms with Crippen LogP contribution < -0.4 is 5.56 Å². The average molecular weight is 166 g/mol. The van der Waals surface area contributed by atoms with Crippen LogP contribution in [0.1, 0.15) is 11.3 Å². The maximum Gasteiger partial charge on any atom is 0.289 e. The molecule has 0 spiro atoms. The number of nitrogens with one attached hydrogen (secondary N) is 1. The SMILES string of the molecule is C=Cc1nc(F)[nH]c(=O)c1C=C. The number of rotatable bonds is 2. The Morgan fingerprint density at radius 3 is 2.58 bits per heavy atom. The first-order chi connectivity index (χ1) is 5.69. The van der Waals surface area contributed by atoms with E-state index in [1.807, 2.05) is 4.98 Å².